The van der Waals surface area contributed by atoms with Gasteiger partial charge < -0.3 is 10.1 Å². The maximum atomic E-state index is 5.65. The highest BCUT2D eigenvalue weighted by molar-refractivity contribution is 5.11. The van der Waals surface area contributed by atoms with Crippen LogP contribution in [-0.2, 0) is 4.74 Å². The lowest BCUT2D eigenvalue weighted by molar-refractivity contribution is 0.0869. The van der Waals surface area contributed by atoms with E-state index < -0.39 is 0 Å². The number of rotatable bonds is 7. The van der Waals surface area contributed by atoms with Crippen LogP contribution >= 0.6 is 0 Å². The van der Waals surface area contributed by atoms with E-state index in [9.17, 15) is 0 Å². The number of ether oxygens (including phenoxy) is 1. The molecule has 0 saturated heterocycles. The first-order chi connectivity index (χ1) is 8.50. The van der Waals surface area contributed by atoms with E-state index in [4.69, 9.17) is 4.74 Å². The summed E-state index contributed by atoms with van der Waals surface area (Å²) in [6.07, 6.45) is 6.69. The zero-order valence-electron chi connectivity index (χ0n) is 12.7. The van der Waals surface area contributed by atoms with Crippen LogP contribution in [0.1, 0.15) is 59.8 Å². The molecule has 2 aliphatic rings. The molecule has 18 heavy (non-hydrogen) atoms. The average molecular weight is 253 g/mol. The van der Waals surface area contributed by atoms with Gasteiger partial charge in [0.2, 0.25) is 0 Å². The molecule has 2 nitrogen and oxygen atoms in total. The van der Waals surface area contributed by atoms with Crippen LogP contribution in [0.15, 0.2) is 0 Å². The lowest BCUT2D eigenvalue weighted by Gasteiger charge is -2.43. The molecule has 0 aromatic carbocycles. The Kier molecular flexibility index (Phi) is 4.38. The Bertz CT molecular complexity index is 272. The molecule has 2 heteroatoms. The lowest BCUT2D eigenvalue weighted by atomic mass is 9.68. The van der Waals surface area contributed by atoms with E-state index in [0.29, 0.717) is 16.9 Å². The molecule has 0 heterocycles. The summed E-state index contributed by atoms with van der Waals surface area (Å²) in [7, 11) is 0. The summed E-state index contributed by atoms with van der Waals surface area (Å²) in [5.41, 5.74) is 1.01. The highest BCUT2D eigenvalue weighted by atomic mass is 16.5. The van der Waals surface area contributed by atoms with Crippen molar-refractivity contribution in [2.75, 3.05) is 19.8 Å². The third-order valence-electron chi connectivity index (χ3n) is 5.51. The van der Waals surface area contributed by atoms with Gasteiger partial charge in [-0.1, -0.05) is 34.1 Å². The number of hydrogen-bond donors (Lipinski definition) is 1. The monoisotopic (exact) mass is 253 g/mol. The first-order valence-corrected chi connectivity index (χ1v) is 7.82. The van der Waals surface area contributed by atoms with Crippen LogP contribution in [-0.4, -0.2) is 25.8 Å². The van der Waals surface area contributed by atoms with Gasteiger partial charge in [0.05, 0.1) is 6.61 Å². The van der Waals surface area contributed by atoms with Crippen molar-refractivity contribution in [2.24, 2.45) is 16.7 Å². The van der Waals surface area contributed by atoms with Crippen molar-refractivity contribution in [3.05, 3.63) is 0 Å². The Morgan fingerprint density at radius 2 is 2.00 bits per heavy atom. The molecule has 1 N–H and O–H groups in total. The van der Waals surface area contributed by atoms with Gasteiger partial charge >= 0.3 is 0 Å². The van der Waals surface area contributed by atoms with Crippen molar-refractivity contribution in [1.82, 2.24) is 5.32 Å². The minimum atomic E-state index is 0.469. The summed E-state index contributed by atoms with van der Waals surface area (Å²) in [5, 5.41) is 3.80. The summed E-state index contributed by atoms with van der Waals surface area (Å²) >= 11 is 0. The van der Waals surface area contributed by atoms with Crippen molar-refractivity contribution >= 4 is 0 Å². The van der Waals surface area contributed by atoms with E-state index in [1.54, 1.807) is 0 Å². The predicted octanol–water partition coefficient (Wildman–Crippen LogP) is 3.61. The summed E-state index contributed by atoms with van der Waals surface area (Å²) in [5.74, 6) is 0.931. The first kappa shape index (κ1) is 14.3. The molecule has 1 unspecified atom stereocenters. The van der Waals surface area contributed by atoms with Crippen LogP contribution in [0.5, 0.6) is 0 Å². The van der Waals surface area contributed by atoms with E-state index in [1.165, 1.54) is 32.1 Å². The molecular weight excluding hydrogens is 222 g/mol. The molecule has 0 aromatic heterocycles. The second-order valence-electron chi connectivity index (χ2n) is 7.27. The minimum absolute atomic E-state index is 0.469. The van der Waals surface area contributed by atoms with Gasteiger partial charge in [0.15, 0.2) is 0 Å². The fourth-order valence-electron chi connectivity index (χ4n) is 4.44. The standard InChI is InChI=1S/C16H31NO/c1-5-6-10-18-11-9-17-14-15(2,3)13-7-8-16(14,4)12-13/h13-14,17H,5-12H2,1-4H3/t13-,14?,16+/m0/s1. The van der Waals surface area contributed by atoms with Crippen molar-refractivity contribution in [3.63, 3.8) is 0 Å². The molecule has 0 radical (unpaired) electrons. The molecule has 0 aliphatic heterocycles. The van der Waals surface area contributed by atoms with Gasteiger partial charge in [-0.05, 0) is 42.4 Å². The highest BCUT2D eigenvalue weighted by Crippen LogP contribution is 2.62. The molecule has 2 saturated carbocycles. The van der Waals surface area contributed by atoms with Crippen molar-refractivity contribution in [3.8, 4) is 0 Å². The zero-order valence-corrected chi connectivity index (χ0v) is 12.7. The largest absolute Gasteiger partial charge is 0.380 e. The Morgan fingerprint density at radius 3 is 2.61 bits per heavy atom. The van der Waals surface area contributed by atoms with Crippen molar-refractivity contribution in [2.45, 2.75) is 65.8 Å². The fourth-order valence-corrected chi connectivity index (χ4v) is 4.44. The highest BCUT2D eigenvalue weighted by Gasteiger charge is 2.58. The Hall–Kier alpha value is -0.0800. The Morgan fingerprint density at radius 1 is 1.22 bits per heavy atom. The third-order valence-corrected chi connectivity index (χ3v) is 5.51. The van der Waals surface area contributed by atoms with Gasteiger partial charge in [0, 0.05) is 19.2 Å². The molecule has 2 aliphatic carbocycles. The van der Waals surface area contributed by atoms with Gasteiger partial charge in [-0.2, -0.15) is 0 Å². The van der Waals surface area contributed by atoms with E-state index in [0.717, 1.165) is 25.7 Å². The van der Waals surface area contributed by atoms with Gasteiger partial charge in [-0.3, -0.25) is 0 Å². The molecule has 2 bridgehead atoms. The van der Waals surface area contributed by atoms with Crippen molar-refractivity contribution < 1.29 is 4.74 Å². The molecule has 0 aromatic rings. The van der Waals surface area contributed by atoms with Gasteiger partial charge in [-0.25, -0.2) is 0 Å². The fraction of sp³-hybridized carbons (Fsp3) is 1.00. The van der Waals surface area contributed by atoms with Gasteiger partial charge in [0.1, 0.15) is 0 Å². The molecule has 2 rings (SSSR count). The maximum absolute atomic E-state index is 5.65. The maximum Gasteiger partial charge on any atom is 0.0591 e. The molecule has 0 amide bonds. The quantitative estimate of drug-likeness (QED) is 0.700. The van der Waals surface area contributed by atoms with E-state index >= 15 is 0 Å². The van der Waals surface area contributed by atoms with E-state index in [1.807, 2.05) is 0 Å². The third kappa shape index (κ3) is 2.60. The first-order valence-electron chi connectivity index (χ1n) is 7.82. The normalized spacial score (nSPS) is 37.3. The van der Waals surface area contributed by atoms with Crippen molar-refractivity contribution in [1.29, 1.82) is 0 Å². The number of nitrogens with one attached hydrogen (secondary N) is 1. The second kappa shape index (κ2) is 5.50. The molecule has 106 valence electrons. The summed E-state index contributed by atoms with van der Waals surface area (Å²) in [6, 6.07) is 0.679. The average Bonchev–Trinajstić information content (AvgIpc) is 2.78. The van der Waals surface area contributed by atoms with Crippen LogP contribution in [0.4, 0.5) is 0 Å². The molecule has 2 fully saturated rings. The second-order valence-corrected chi connectivity index (χ2v) is 7.27. The molecule has 0 spiro atoms. The summed E-state index contributed by atoms with van der Waals surface area (Å²) in [6.45, 7) is 12.4. The smallest absolute Gasteiger partial charge is 0.0591 e. The number of hydrogen-bond acceptors (Lipinski definition) is 2. The van der Waals surface area contributed by atoms with Crippen LogP contribution in [0.25, 0.3) is 0 Å². The Labute approximate surface area is 113 Å². The molecular formula is C16H31NO. The lowest BCUT2D eigenvalue weighted by Crippen LogP contribution is -2.51. The van der Waals surface area contributed by atoms with Gasteiger partial charge in [-0.15, -0.1) is 0 Å². The van der Waals surface area contributed by atoms with E-state index in [2.05, 4.69) is 33.0 Å². The number of unbranched alkanes of at least 4 members (excludes halogenated alkanes) is 1. The Balaban J connectivity index is 1.75. The summed E-state index contributed by atoms with van der Waals surface area (Å²) < 4.78 is 5.65. The van der Waals surface area contributed by atoms with Gasteiger partial charge in [0.25, 0.3) is 0 Å². The number of fused-ring (bicyclic) bond motifs is 2. The predicted molar refractivity (Wildman–Crippen MR) is 76.7 cm³/mol. The topological polar surface area (TPSA) is 21.3 Å². The SMILES string of the molecule is CCCCOCCNC1C(C)(C)[C@H]2CC[C@]1(C)C2. The van der Waals surface area contributed by atoms with E-state index in [-0.39, 0.29) is 0 Å². The van der Waals surface area contributed by atoms with Crippen LogP contribution in [0, 0.1) is 16.7 Å². The van der Waals surface area contributed by atoms with Crippen LogP contribution in [0.3, 0.4) is 0 Å². The summed E-state index contributed by atoms with van der Waals surface area (Å²) in [4.78, 5) is 0. The van der Waals surface area contributed by atoms with Crippen LogP contribution < -0.4 is 5.32 Å². The minimum Gasteiger partial charge on any atom is -0.380 e. The molecule has 3 atom stereocenters. The van der Waals surface area contributed by atoms with Crippen LogP contribution in [0.2, 0.25) is 0 Å². The zero-order chi connectivity index (χ0) is 13.2.